The van der Waals surface area contributed by atoms with Crippen molar-refractivity contribution in [2.45, 2.75) is 37.6 Å². The van der Waals surface area contributed by atoms with Crippen molar-refractivity contribution in [1.82, 2.24) is 0 Å². The molecule has 0 saturated carbocycles. The van der Waals surface area contributed by atoms with Crippen molar-refractivity contribution >= 4 is 11.4 Å². The molecular weight excluding hydrogens is 296 g/mol. The molecule has 0 spiro atoms. The lowest BCUT2D eigenvalue weighted by Crippen LogP contribution is -2.40. The van der Waals surface area contributed by atoms with Crippen LogP contribution >= 0.6 is 0 Å². The Bertz CT molecular complexity index is 553. The highest BCUT2D eigenvalue weighted by molar-refractivity contribution is 5.55. The quantitative estimate of drug-likeness (QED) is 0.348. The van der Waals surface area contributed by atoms with Crippen LogP contribution in [0.2, 0.25) is 0 Å². The lowest BCUT2D eigenvalue weighted by molar-refractivity contribution is -0.385. The molecule has 1 aromatic carbocycles. The van der Waals surface area contributed by atoms with Gasteiger partial charge in [0.2, 0.25) is 0 Å². The summed E-state index contributed by atoms with van der Waals surface area (Å²) in [5.41, 5.74) is 0.717. The normalized spacial score (nSPS) is 29.3. The first kappa shape index (κ1) is 16.6. The van der Waals surface area contributed by atoms with Crippen LogP contribution in [-0.4, -0.2) is 62.6 Å². The molecule has 1 aromatic rings. The van der Waals surface area contributed by atoms with Gasteiger partial charge in [-0.15, -0.1) is 0 Å². The Kier molecular flexibility index (Phi) is 4.94. The second kappa shape index (κ2) is 6.55. The topological polar surface area (TPSA) is 145 Å². The number of nitrogens with zero attached hydrogens (tertiary/aromatic N) is 1. The number of benzene rings is 1. The Balaban J connectivity index is 2.14. The van der Waals surface area contributed by atoms with Gasteiger partial charge in [-0.25, -0.2) is 0 Å². The minimum absolute atomic E-state index is 0.0926. The van der Waals surface area contributed by atoms with Crippen LogP contribution in [0.5, 0.6) is 0 Å². The van der Waals surface area contributed by atoms with E-state index in [1.54, 1.807) is 13.0 Å². The SMILES string of the molecule is Cc1ccc(N[C@@H]2O[C@H]([C@H](O)CO)[C@@H](O)[C@H]2O)cc1[N+](=O)[O-]. The molecule has 1 saturated heterocycles. The standard InChI is InChI=1S/C13H18N2O7/c1-6-2-3-7(4-8(6)15(20)21)14-13-11(19)10(18)12(22-13)9(17)5-16/h2-4,9-14,16-19H,5H2,1H3/t9-,10+,11-,12-,13-/m1/s1. The number of hydrogen-bond acceptors (Lipinski definition) is 8. The third-order valence-corrected chi connectivity index (χ3v) is 3.58. The summed E-state index contributed by atoms with van der Waals surface area (Å²) in [5.74, 6) is 0. The molecule has 1 aliphatic heterocycles. The average molecular weight is 314 g/mol. The lowest BCUT2D eigenvalue weighted by Gasteiger charge is -2.19. The number of anilines is 1. The van der Waals surface area contributed by atoms with Gasteiger partial charge < -0.3 is 30.5 Å². The molecule has 1 fully saturated rings. The molecular formula is C13H18N2O7. The van der Waals surface area contributed by atoms with Crippen molar-refractivity contribution in [2.75, 3.05) is 11.9 Å². The van der Waals surface area contributed by atoms with E-state index in [9.17, 15) is 25.4 Å². The number of ether oxygens (including phenoxy) is 1. The minimum atomic E-state index is -1.39. The third-order valence-electron chi connectivity index (χ3n) is 3.58. The Hall–Kier alpha value is -1.78. The molecule has 1 heterocycles. The molecule has 5 N–H and O–H groups in total. The van der Waals surface area contributed by atoms with Gasteiger partial charge in [0.05, 0.1) is 11.5 Å². The molecule has 5 atom stereocenters. The summed E-state index contributed by atoms with van der Waals surface area (Å²) in [7, 11) is 0. The highest BCUT2D eigenvalue weighted by atomic mass is 16.6. The highest BCUT2D eigenvalue weighted by Crippen LogP contribution is 2.28. The molecule has 122 valence electrons. The number of aliphatic hydroxyl groups is 4. The summed E-state index contributed by atoms with van der Waals surface area (Å²) in [5, 5.41) is 51.7. The molecule has 0 unspecified atom stereocenters. The van der Waals surface area contributed by atoms with E-state index in [-0.39, 0.29) is 5.69 Å². The molecule has 22 heavy (non-hydrogen) atoms. The van der Waals surface area contributed by atoms with Crippen molar-refractivity contribution < 1.29 is 30.1 Å². The lowest BCUT2D eigenvalue weighted by atomic mass is 10.1. The van der Waals surface area contributed by atoms with Crippen molar-refractivity contribution in [3.05, 3.63) is 33.9 Å². The molecule has 0 amide bonds. The van der Waals surface area contributed by atoms with Gasteiger partial charge in [-0.3, -0.25) is 10.1 Å². The molecule has 2 rings (SSSR count). The van der Waals surface area contributed by atoms with Gasteiger partial charge in [-0.1, -0.05) is 6.07 Å². The smallest absolute Gasteiger partial charge is 0.274 e. The van der Waals surface area contributed by atoms with Crippen molar-refractivity contribution in [3.63, 3.8) is 0 Å². The van der Waals surface area contributed by atoms with Gasteiger partial charge in [0.15, 0.2) is 6.23 Å². The van der Waals surface area contributed by atoms with Gasteiger partial charge >= 0.3 is 0 Å². The Morgan fingerprint density at radius 2 is 2.09 bits per heavy atom. The van der Waals surface area contributed by atoms with Crippen molar-refractivity contribution in [3.8, 4) is 0 Å². The van der Waals surface area contributed by atoms with Crippen molar-refractivity contribution in [2.24, 2.45) is 0 Å². The van der Waals surface area contributed by atoms with Crippen LogP contribution < -0.4 is 5.32 Å². The number of nitro benzene ring substituents is 1. The fourth-order valence-electron chi connectivity index (χ4n) is 2.31. The van der Waals surface area contributed by atoms with Gasteiger partial charge in [0.1, 0.15) is 24.4 Å². The molecule has 0 aromatic heterocycles. The van der Waals surface area contributed by atoms with E-state index in [0.717, 1.165) is 0 Å². The number of rotatable bonds is 5. The molecule has 0 radical (unpaired) electrons. The summed E-state index contributed by atoms with van der Waals surface area (Å²) >= 11 is 0. The number of nitro groups is 1. The Labute approximate surface area is 125 Å². The Morgan fingerprint density at radius 1 is 1.41 bits per heavy atom. The first-order chi connectivity index (χ1) is 10.3. The zero-order valence-electron chi connectivity index (χ0n) is 11.8. The maximum Gasteiger partial charge on any atom is 0.274 e. The molecule has 0 bridgehead atoms. The molecule has 9 nitrogen and oxygen atoms in total. The van der Waals surface area contributed by atoms with E-state index in [4.69, 9.17) is 9.84 Å². The molecule has 9 heteroatoms. The van der Waals surface area contributed by atoms with Crippen LogP contribution in [0.4, 0.5) is 11.4 Å². The third kappa shape index (κ3) is 3.18. The van der Waals surface area contributed by atoms with Crippen LogP contribution in [0.3, 0.4) is 0 Å². The maximum atomic E-state index is 10.9. The van der Waals surface area contributed by atoms with Gasteiger partial charge in [0.25, 0.3) is 5.69 Å². The van der Waals surface area contributed by atoms with Crippen LogP contribution in [-0.2, 0) is 4.74 Å². The van der Waals surface area contributed by atoms with Crippen molar-refractivity contribution in [1.29, 1.82) is 0 Å². The predicted octanol–water partition coefficient (Wildman–Crippen LogP) is -0.885. The van der Waals surface area contributed by atoms with E-state index in [1.807, 2.05) is 0 Å². The Morgan fingerprint density at radius 3 is 2.68 bits per heavy atom. The van der Waals surface area contributed by atoms with Gasteiger partial charge in [0, 0.05) is 17.3 Å². The van der Waals surface area contributed by atoms with Crippen LogP contribution in [0.1, 0.15) is 5.56 Å². The summed E-state index contributed by atoms with van der Waals surface area (Å²) in [6.45, 7) is 0.970. The zero-order valence-corrected chi connectivity index (χ0v) is 11.8. The van der Waals surface area contributed by atoms with E-state index >= 15 is 0 Å². The second-order valence-electron chi connectivity index (χ2n) is 5.16. The van der Waals surface area contributed by atoms with Crippen LogP contribution in [0.25, 0.3) is 0 Å². The van der Waals surface area contributed by atoms with Gasteiger partial charge in [-0.2, -0.15) is 0 Å². The number of aliphatic hydroxyl groups excluding tert-OH is 4. The number of hydrogen-bond donors (Lipinski definition) is 5. The monoisotopic (exact) mass is 314 g/mol. The second-order valence-corrected chi connectivity index (χ2v) is 5.16. The fourth-order valence-corrected chi connectivity index (χ4v) is 2.31. The van der Waals surface area contributed by atoms with Gasteiger partial charge in [-0.05, 0) is 13.0 Å². The summed E-state index contributed by atoms with van der Waals surface area (Å²) < 4.78 is 5.28. The van der Waals surface area contributed by atoms with E-state index < -0.39 is 42.2 Å². The first-order valence-corrected chi connectivity index (χ1v) is 6.67. The van der Waals surface area contributed by atoms with E-state index in [0.29, 0.717) is 11.3 Å². The zero-order chi connectivity index (χ0) is 16.4. The summed E-state index contributed by atoms with van der Waals surface area (Å²) in [4.78, 5) is 10.4. The predicted molar refractivity (Wildman–Crippen MR) is 75.2 cm³/mol. The van der Waals surface area contributed by atoms with E-state index in [2.05, 4.69) is 5.32 Å². The highest BCUT2D eigenvalue weighted by Gasteiger charge is 2.45. The first-order valence-electron chi connectivity index (χ1n) is 6.67. The number of nitrogens with one attached hydrogen (secondary N) is 1. The summed E-state index contributed by atoms with van der Waals surface area (Å²) in [6, 6.07) is 4.40. The molecule has 0 aliphatic carbocycles. The average Bonchev–Trinajstić information content (AvgIpc) is 2.76. The maximum absolute atomic E-state index is 10.9. The van der Waals surface area contributed by atoms with Crippen LogP contribution in [0, 0.1) is 17.0 Å². The minimum Gasteiger partial charge on any atom is -0.394 e. The number of aryl methyl sites for hydroxylation is 1. The molecule has 1 aliphatic rings. The van der Waals surface area contributed by atoms with Crippen LogP contribution in [0.15, 0.2) is 18.2 Å². The fraction of sp³-hybridized carbons (Fsp3) is 0.538. The summed E-state index contributed by atoms with van der Waals surface area (Å²) in [6.07, 6.45) is -6.31. The van der Waals surface area contributed by atoms with E-state index in [1.165, 1.54) is 12.1 Å². The largest absolute Gasteiger partial charge is 0.394 e.